The summed E-state index contributed by atoms with van der Waals surface area (Å²) in [5, 5.41) is 15.1. The predicted octanol–water partition coefficient (Wildman–Crippen LogP) is 3.67. The molecule has 3 atom stereocenters. The van der Waals surface area contributed by atoms with Gasteiger partial charge in [0.05, 0.1) is 11.1 Å². The van der Waals surface area contributed by atoms with Gasteiger partial charge in [0, 0.05) is 93.1 Å². The minimum absolute atomic E-state index is 0.0849. The summed E-state index contributed by atoms with van der Waals surface area (Å²) in [6.45, 7) is 6.60. The van der Waals surface area contributed by atoms with Crippen LogP contribution in [-0.4, -0.2) is 93.7 Å². The van der Waals surface area contributed by atoms with Gasteiger partial charge in [-0.1, -0.05) is 36.2 Å². The van der Waals surface area contributed by atoms with Crippen LogP contribution < -0.4 is 10.2 Å². The van der Waals surface area contributed by atoms with Crippen molar-refractivity contribution in [1.29, 1.82) is 0 Å². The molecule has 39 heavy (non-hydrogen) atoms. The molecule has 0 aliphatic carbocycles. The lowest BCUT2D eigenvalue weighted by molar-refractivity contribution is -0.0350. The molecule has 1 aromatic carbocycles. The number of aromatic nitrogens is 3. The third-order valence-corrected chi connectivity index (χ3v) is 8.40. The Bertz CT molecular complexity index is 1290. The van der Waals surface area contributed by atoms with Crippen LogP contribution in [0.15, 0.2) is 42.9 Å². The number of rotatable bonds is 7. The number of hydrogen-bond acceptors (Lipinski definition) is 7. The number of benzene rings is 1. The second kappa shape index (κ2) is 12.2. The van der Waals surface area contributed by atoms with Crippen molar-refractivity contribution < 1.29 is 9.90 Å². The lowest BCUT2D eigenvalue weighted by Crippen LogP contribution is -2.62. The zero-order valence-electron chi connectivity index (χ0n) is 22.3. The van der Waals surface area contributed by atoms with Crippen LogP contribution in [0.25, 0.3) is 11.4 Å². The number of hydrogen-bond donors (Lipinski definition) is 3. The van der Waals surface area contributed by atoms with Crippen molar-refractivity contribution in [3.8, 4) is 11.4 Å². The summed E-state index contributed by atoms with van der Waals surface area (Å²) in [6, 6.07) is 7.69. The lowest BCUT2D eigenvalue weighted by Gasteiger charge is -2.49. The fourth-order valence-corrected chi connectivity index (χ4v) is 6.32. The molecular formula is C28H35Cl2N7O2. The minimum Gasteiger partial charge on any atom is -0.390 e. The predicted molar refractivity (Wildman–Crippen MR) is 154 cm³/mol. The van der Waals surface area contributed by atoms with Crippen molar-refractivity contribution in [3.63, 3.8) is 0 Å². The molecule has 3 aromatic rings. The van der Waals surface area contributed by atoms with Gasteiger partial charge in [-0.3, -0.25) is 14.6 Å². The standard InChI is InChI=1S/C28H35Cl2N7O2/c1-3-21-16-36(27-23(30)12-19(14-34-27)26-32-7-8-33-26)10-11-37(21)24-6-9-35(17-25(24)38)15-18-4-5-20(29)13-22(18)28(39)31-2/h4-5,7-8,12-14,21,24-25,38H,3,6,9-11,15-17H2,1-2H3,(H,31,39)(H,32,33)/t21-,24+,25+/m0/s1. The first kappa shape index (κ1) is 27.9. The maximum absolute atomic E-state index is 12.4. The van der Waals surface area contributed by atoms with Gasteiger partial charge in [0.25, 0.3) is 5.91 Å². The van der Waals surface area contributed by atoms with Gasteiger partial charge in [-0.25, -0.2) is 9.97 Å². The van der Waals surface area contributed by atoms with Gasteiger partial charge in [0.2, 0.25) is 0 Å². The molecule has 208 valence electrons. The molecule has 11 heteroatoms. The number of β-amino-alcohol motifs (C(OH)–C–C–N with tert-alkyl or cyclic N) is 1. The van der Waals surface area contributed by atoms with E-state index < -0.39 is 6.10 Å². The summed E-state index contributed by atoms with van der Waals surface area (Å²) < 4.78 is 0. The van der Waals surface area contributed by atoms with Gasteiger partial charge in [-0.2, -0.15) is 0 Å². The molecule has 1 amide bonds. The van der Waals surface area contributed by atoms with Crippen LogP contribution in [0.2, 0.25) is 10.0 Å². The molecule has 0 spiro atoms. The lowest BCUT2D eigenvalue weighted by atomic mass is 9.95. The number of carbonyl (C=O) groups is 1. The Labute approximate surface area is 239 Å². The SMILES string of the molecule is CC[C@H]1CN(c2ncc(-c3ncc[nH]3)cc2Cl)CCN1[C@@H]1CCN(Cc2ccc(Cl)cc2C(=O)NC)C[C@H]1O. The van der Waals surface area contributed by atoms with Crippen molar-refractivity contribution in [2.75, 3.05) is 44.7 Å². The van der Waals surface area contributed by atoms with Crippen LogP contribution >= 0.6 is 23.2 Å². The number of amides is 1. The zero-order chi connectivity index (χ0) is 27.5. The molecule has 3 N–H and O–H groups in total. The van der Waals surface area contributed by atoms with Gasteiger partial charge in [-0.15, -0.1) is 0 Å². The summed E-state index contributed by atoms with van der Waals surface area (Å²) in [5.41, 5.74) is 2.34. The molecule has 9 nitrogen and oxygen atoms in total. The molecule has 2 saturated heterocycles. The number of aromatic amines is 1. The van der Waals surface area contributed by atoms with Gasteiger partial charge in [0.15, 0.2) is 0 Å². The number of halogens is 2. The van der Waals surface area contributed by atoms with Crippen molar-refractivity contribution in [2.24, 2.45) is 0 Å². The molecule has 2 aliphatic heterocycles. The molecule has 2 fully saturated rings. The molecule has 0 bridgehead atoms. The van der Waals surface area contributed by atoms with Gasteiger partial charge < -0.3 is 20.3 Å². The van der Waals surface area contributed by atoms with E-state index in [1.807, 2.05) is 24.4 Å². The Morgan fingerprint density at radius 2 is 2.03 bits per heavy atom. The van der Waals surface area contributed by atoms with Crippen molar-refractivity contribution >= 4 is 34.9 Å². The average Bonchev–Trinajstić information content (AvgIpc) is 3.49. The summed E-state index contributed by atoms with van der Waals surface area (Å²) >= 11 is 12.8. The third kappa shape index (κ3) is 6.07. The molecule has 0 unspecified atom stereocenters. The number of nitrogens with zero attached hydrogens (tertiary/aromatic N) is 5. The van der Waals surface area contributed by atoms with Crippen LogP contribution in [-0.2, 0) is 6.54 Å². The highest BCUT2D eigenvalue weighted by Gasteiger charge is 2.38. The quantitative estimate of drug-likeness (QED) is 0.397. The maximum Gasteiger partial charge on any atom is 0.251 e. The van der Waals surface area contributed by atoms with Crippen molar-refractivity contribution in [1.82, 2.24) is 30.1 Å². The number of likely N-dealkylation sites (tertiary alicyclic amines) is 1. The van der Waals surface area contributed by atoms with Crippen LogP contribution in [0.3, 0.4) is 0 Å². The summed E-state index contributed by atoms with van der Waals surface area (Å²) in [4.78, 5) is 31.4. The smallest absolute Gasteiger partial charge is 0.251 e. The number of piperazine rings is 1. The number of aliphatic hydroxyl groups excluding tert-OH is 1. The monoisotopic (exact) mass is 571 g/mol. The summed E-state index contributed by atoms with van der Waals surface area (Å²) in [6.07, 6.45) is 6.64. The molecule has 4 heterocycles. The number of pyridine rings is 1. The van der Waals surface area contributed by atoms with Gasteiger partial charge in [-0.05, 0) is 36.6 Å². The molecule has 5 rings (SSSR count). The number of piperidine rings is 1. The van der Waals surface area contributed by atoms with Gasteiger partial charge >= 0.3 is 0 Å². The van der Waals surface area contributed by atoms with Crippen LogP contribution in [0, 0.1) is 0 Å². The molecule has 0 saturated carbocycles. The second-order valence-corrected chi connectivity index (χ2v) is 11.1. The Hall–Kier alpha value is -2.69. The average molecular weight is 573 g/mol. The fraction of sp³-hybridized carbons (Fsp3) is 0.464. The number of carbonyl (C=O) groups excluding carboxylic acids is 1. The number of imidazole rings is 1. The van der Waals surface area contributed by atoms with E-state index >= 15 is 0 Å². The molecule has 2 aromatic heterocycles. The van der Waals surface area contributed by atoms with E-state index in [9.17, 15) is 9.90 Å². The van der Waals surface area contributed by atoms with Gasteiger partial charge in [0.1, 0.15) is 11.6 Å². The van der Waals surface area contributed by atoms with Crippen LogP contribution in [0.1, 0.15) is 35.7 Å². The molecular weight excluding hydrogens is 537 g/mol. The minimum atomic E-state index is -0.482. The molecule has 2 aliphatic rings. The Morgan fingerprint density at radius 1 is 1.18 bits per heavy atom. The highest BCUT2D eigenvalue weighted by atomic mass is 35.5. The Balaban J connectivity index is 1.22. The van der Waals surface area contributed by atoms with E-state index in [4.69, 9.17) is 23.2 Å². The van der Waals surface area contributed by atoms with Crippen molar-refractivity contribution in [2.45, 2.75) is 44.5 Å². The van der Waals surface area contributed by atoms with E-state index in [2.05, 4.69) is 41.9 Å². The molecule has 0 radical (unpaired) electrons. The van der Waals surface area contributed by atoms with Crippen molar-refractivity contribution in [3.05, 3.63) is 64.0 Å². The van der Waals surface area contributed by atoms with E-state index in [1.165, 1.54) is 0 Å². The Kier molecular flexibility index (Phi) is 8.73. The first-order valence-electron chi connectivity index (χ1n) is 13.4. The van der Waals surface area contributed by atoms with Crippen LogP contribution in [0.5, 0.6) is 0 Å². The fourth-order valence-electron chi connectivity index (χ4n) is 5.87. The first-order valence-corrected chi connectivity index (χ1v) is 14.2. The third-order valence-electron chi connectivity index (χ3n) is 7.89. The topological polar surface area (TPSA) is 101 Å². The van der Waals surface area contributed by atoms with E-state index in [0.29, 0.717) is 28.7 Å². The first-order chi connectivity index (χ1) is 18.9. The van der Waals surface area contributed by atoms with Crippen LogP contribution in [0.4, 0.5) is 5.82 Å². The Morgan fingerprint density at radius 3 is 2.72 bits per heavy atom. The highest BCUT2D eigenvalue weighted by Crippen LogP contribution is 2.31. The normalized spacial score (nSPS) is 22.7. The number of H-pyrrole nitrogens is 1. The summed E-state index contributed by atoms with van der Waals surface area (Å²) in [5.74, 6) is 1.38. The number of aliphatic hydroxyl groups is 1. The highest BCUT2D eigenvalue weighted by molar-refractivity contribution is 6.33. The number of nitrogens with one attached hydrogen (secondary N) is 2. The van der Waals surface area contributed by atoms with E-state index in [0.717, 1.165) is 61.8 Å². The second-order valence-electron chi connectivity index (χ2n) is 10.3. The van der Waals surface area contributed by atoms with E-state index in [1.54, 1.807) is 25.5 Å². The summed E-state index contributed by atoms with van der Waals surface area (Å²) in [7, 11) is 1.62. The zero-order valence-corrected chi connectivity index (χ0v) is 23.8. The largest absolute Gasteiger partial charge is 0.390 e. The van der Waals surface area contributed by atoms with E-state index in [-0.39, 0.29) is 18.0 Å². The maximum atomic E-state index is 12.4. The number of anilines is 1.